The molecule has 1 aliphatic rings. The number of hydrogen-bond donors (Lipinski definition) is 0. The van der Waals surface area contributed by atoms with Gasteiger partial charge in [-0.05, 0) is 84.6 Å². The third-order valence-electron chi connectivity index (χ3n) is 3.94. The van der Waals surface area contributed by atoms with Gasteiger partial charge >= 0.3 is 0 Å². The predicted octanol–water partition coefficient (Wildman–Crippen LogP) is 3.21. The van der Waals surface area contributed by atoms with E-state index in [4.69, 9.17) is 13.5 Å². The van der Waals surface area contributed by atoms with Crippen molar-refractivity contribution in [2.75, 3.05) is 84.6 Å². The Morgan fingerprint density at radius 2 is 0.458 bits per heavy atom. The summed E-state index contributed by atoms with van der Waals surface area (Å²) >= 11 is 0. The van der Waals surface area contributed by atoms with E-state index in [2.05, 4.69) is 113 Å². The molecule has 24 heavy (non-hydrogen) atoms. The van der Waals surface area contributed by atoms with Gasteiger partial charge in [0.05, 0.1) is 0 Å². The van der Waals surface area contributed by atoms with Crippen molar-refractivity contribution in [1.82, 2.24) is 28.0 Å². The van der Waals surface area contributed by atoms with E-state index in [9.17, 15) is 0 Å². The molecule has 1 rings (SSSR count). The van der Waals surface area contributed by atoms with E-state index in [-0.39, 0.29) is 0 Å². The fraction of sp³-hybridized carbons (Fsp3) is 1.00. The van der Waals surface area contributed by atoms with E-state index in [0.717, 1.165) is 0 Å². The molecule has 0 amide bonds. The average Bonchev–Trinajstić information content (AvgIpc) is 2.44. The van der Waals surface area contributed by atoms with Crippen LogP contribution in [0.2, 0.25) is 0 Å². The molecule has 12 heteroatoms. The molecule has 0 N–H and O–H groups in total. The van der Waals surface area contributed by atoms with Crippen LogP contribution in [0.1, 0.15) is 0 Å². The lowest BCUT2D eigenvalue weighted by Crippen LogP contribution is -2.29. The van der Waals surface area contributed by atoms with E-state index < -0.39 is 22.5 Å². The molecule has 0 spiro atoms. The lowest BCUT2D eigenvalue weighted by Gasteiger charge is -2.47. The summed E-state index contributed by atoms with van der Waals surface area (Å²) < 4.78 is 29.2. The van der Waals surface area contributed by atoms with Gasteiger partial charge in [0, 0.05) is 0 Å². The Hall–Kier alpha value is 0.450. The first-order chi connectivity index (χ1) is 10.8. The molecule has 9 nitrogen and oxygen atoms in total. The van der Waals surface area contributed by atoms with E-state index >= 15 is 0 Å². The Kier molecular flexibility index (Phi) is 7.12. The summed E-state index contributed by atoms with van der Waals surface area (Å²) in [7, 11) is 18.2. The van der Waals surface area contributed by atoms with E-state index in [1.165, 1.54) is 0 Å². The molecular formula is C12H36N9P3. The fourth-order valence-corrected chi connectivity index (χ4v) is 17.7. The SMILES string of the molecule is CN(C)P1(N(C)C)=NP(N(C)C)(N(C)C)=NP(N(C)C)(N(C)C)=N1. The highest BCUT2D eigenvalue weighted by Crippen LogP contribution is 2.81. The fourth-order valence-electron chi connectivity index (χ4n) is 2.57. The molecule has 144 valence electrons. The van der Waals surface area contributed by atoms with Gasteiger partial charge in [-0.25, -0.2) is 28.0 Å². The lowest BCUT2D eigenvalue weighted by atomic mass is 11.3. The Morgan fingerprint density at radius 3 is 0.542 bits per heavy atom. The van der Waals surface area contributed by atoms with Crippen LogP contribution in [0.5, 0.6) is 0 Å². The van der Waals surface area contributed by atoms with Crippen molar-refractivity contribution in [2.45, 2.75) is 0 Å². The highest BCUT2D eigenvalue weighted by atomic mass is 31.3. The zero-order chi connectivity index (χ0) is 19.1. The van der Waals surface area contributed by atoms with Crippen LogP contribution in [-0.2, 0) is 0 Å². The summed E-state index contributed by atoms with van der Waals surface area (Å²) in [5, 5.41) is 0. The van der Waals surface area contributed by atoms with Gasteiger partial charge in [-0.15, -0.1) is 0 Å². The molecule has 0 aromatic heterocycles. The van der Waals surface area contributed by atoms with Crippen molar-refractivity contribution in [3.8, 4) is 0 Å². The molecule has 1 heterocycles. The predicted molar refractivity (Wildman–Crippen MR) is 110 cm³/mol. The largest absolute Gasteiger partial charge is 0.246 e. The highest BCUT2D eigenvalue weighted by molar-refractivity contribution is 7.82. The van der Waals surface area contributed by atoms with Crippen molar-refractivity contribution < 1.29 is 0 Å². The second kappa shape index (κ2) is 7.59. The Bertz CT molecular complexity index is 481. The second-order valence-electron chi connectivity index (χ2n) is 6.96. The summed E-state index contributed by atoms with van der Waals surface area (Å²) in [6.45, 7) is 0. The van der Waals surface area contributed by atoms with Crippen LogP contribution >= 0.6 is 22.5 Å². The molecule has 1 aliphatic heterocycles. The molecule has 0 radical (unpaired) electrons. The smallest absolute Gasteiger partial charge is 0.220 e. The molecule has 0 saturated carbocycles. The molecule has 0 aliphatic carbocycles. The Morgan fingerprint density at radius 1 is 0.333 bits per heavy atom. The van der Waals surface area contributed by atoms with Gasteiger partial charge < -0.3 is 0 Å². The Balaban J connectivity index is 4.17. The quantitative estimate of drug-likeness (QED) is 0.640. The number of hydrogen-bond acceptors (Lipinski definition) is 9. The van der Waals surface area contributed by atoms with Gasteiger partial charge in [0.15, 0.2) is 0 Å². The first-order valence-corrected chi connectivity index (χ1v) is 12.6. The van der Waals surface area contributed by atoms with Gasteiger partial charge in [0.1, 0.15) is 0 Å². The molecule has 0 aromatic carbocycles. The van der Waals surface area contributed by atoms with Gasteiger partial charge in [0.2, 0.25) is 22.5 Å². The monoisotopic (exact) mass is 399 g/mol. The van der Waals surface area contributed by atoms with Gasteiger partial charge in [-0.3, -0.25) is 0 Å². The molecular weight excluding hydrogens is 363 g/mol. The van der Waals surface area contributed by atoms with Crippen LogP contribution in [0.15, 0.2) is 13.5 Å². The minimum absolute atomic E-state index is 2.08. The topological polar surface area (TPSA) is 56.5 Å². The first kappa shape index (κ1) is 22.5. The third-order valence-corrected chi connectivity index (χ3v) is 16.1. The van der Waals surface area contributed by atoms with Crippen LogP contribution in [0.3, 0.4) is 0 Å². The lowest BCUT2D eigenvalue weighted by molar-refractivity contribution is 0.529. The van der Waals surface area contributed by atoms with Gasteiger partial charge in [-0.1, -0.05) is 0 Å². The summed E-state index contributed by atoms with van der Waals surface area (Å²) in [5.74, 6) is 0. The Labute approximate surface area is 149 Å². The minimum Gasteiger partial charge on any atom is -0.246 e. The standard InChI is InChI=1S/C12H36N9P3/c1-16(2)22(17(3)4)13-23(18(5)6,19(7)8)15-24(14-22,20(9)10)21(11)12/h1-12H3. The maximum atomic E-state index is 5.37. The zero-order valence-electron chi connectivity index (χ0n) is 17.4. The normalized spacial score (nSPS) is 22.2. The maximum absolute atomic E-state index is 5.37. The van der Waals surface area contributed by atoms with Crippen molar-refractivity contribution in [1.29, 1.82) is 0 Å². The number of nitrogens with zero attached hydrogens (tertiary/aromatic N) is 9. The molecule has 0 fully saturated rings. The van der Waals surface area contributed by atoms with Crippen molar-refractivity contribution in [3.05, 3.63) is 0 Å². The molecule has 0 bridgehead atoms. The summed E-state index contributed by atoms with van der Waals surface area (Å²) in [4.78, 5) is 0. The highest BCUT2D eigenvalue weighted by Gasteiger charge is 2.44. The minimum atomic E-state index is -2.24. The van der Waals surface area contributed by atoms with Crippen molar-refractivity contribution >= 4 is 22.5 Å². The molecule has 0 unspecified atom stereocenters. The molecule has 0 atom stereocenters. The summed E-state index contributed by atoms with van der Waals surface area (Å²) in [6.07, 6.45) is 0. The maximum Gasteiger partial charge on any atom is 0.220 e. The molecule has 0 saturated heterocycles. The van der Waals surface area contributed by atoms with Crippen LogP contribution in [0, 0.1) is 0 Å². The van der Waals surface area contributed by atoms with Gasteiger partial charge in [-0.2, -0.15) is 13.5 Å². The summed E-state index contributed by atoms with van der Waals surface area (Å²) in [5.41, 5.74) is 0. The van der Waals surface area contributed by atoms with E-state index in [1.54, 1.807) is 0 Å². The van der Waals surface area contributed by atoms with E-state index in [0.29, 0.717) is 0 Å². The summed E-state index contributed by atoms with van der Waals surface area (Å²) in [6, 6.07) is 0. The van der Waals surface area contributed by atoms with Crippen LogP contribution < -0.4 is 0 Å². The first-order valence-electron chi connectivity index (χ1n) is 7.77. The average molecular weight is 399 g/mol. The van der Waals surface area contributed by atoms with Crippen LogP contribution in [0.4, 0.5) is 0 Å². The third kappa shape index (κ3) is 3.48. The number of rotatable bonds is 6. The van der Waals surface area contributed by atoms with Crippen LogP contribution in [0.25, 0.3) is 0 Å². The van der Waals surface area contributed by atoms with Crippen molar-refractivity contribution in [3.63, 3.8) is 0 Å². The van der Waals surface area contributed by atoms with Gasteiger partial charge in [0.25, 0.3) is 0 Å². The molecule has 0 aromatic rings. The van der Waals surface area contributed by atoms with Crippen LogP contribution in [-0.4, -0.2) is 113 Å². The zero-order valence-corrected chi connectivity index (χ0v) is 20.0. The van der Waals surface area contributed by atoms with E-state index in [1.807, 2.05) is 0 Å². The van der Waals surface area contributed by atoms with Crippen molar-refractivity contribution in [2.24, 2.45) is 13.5 Å². The second-order valence-corrected chi connectivity index (χ2v) is 17.1.